The number of fused-ring (bicyclic) bond motifs is 12. The van der Waals surface area contributed by atoms with Crippen LogP contribution < -0.4 is 4.90 Å². The van der Waals surface area contributed by atoms with Crippen LogP contribution in [0, 0.1) is 0 Å². The number of nitrogens with zero attached hydrogens (tertiary/aromatic N) is 2. The molecule has 0 N–H and O–H groups in total. The van der Waals surface area contributed by atoms with E-state index in [1.807, 2.05) is 12.1 Å². The van der Waals surface area contributed by atoms with Gasteiger partial charge in [-0.1, -0.05) is 172 Å². The molecular formula is C69H46N2O2. The lowest BCUT2D eigenvalue weighted by molar-refractivity contribution is 0.660. The number of rotatable bonds is 7. The first-order valence-corrected chi connectivity index (χ1v) is 25.2. The molecule has 0 aliphatic heterocycles. The average molecular weight is 935 g/mol. The number of hydrogen-bond donors (Lipinski definition) is 0. The lowest BCUT2D eigenvalue weighted by Crippen LogP contribution is -2.16. The van der Waals surface area contributed by atoms with Crippen molar-refractivity contribution < 1.29 is 8.83 Å². The highest BCUT2D eigenvalue weighted by molar-refractivity contribution is 6.15. The van der Waals surface area contributed by atoms with Crippen molar-refractivity contribution in [1.82, 2.24) is 4.57 Å². The standard InChI is InChI=1S/C69H46N2O2/c1-69(2)58-23-9-6-19-55(58)67-59(69)24-14-26-62(67)70(49-37-31-44(32-38-49)51-21-12-22-54-53-18-8-11-27-63(53)73-68(51)54)48-35-29-43(30-36-48)50-20-13-28-65-66(50)57-42-46(34-40-64(57)72-65)45-33-39-61-56(41-45)52-17-7-10-25-60(52)71(61)47-15-4-3-5-16-47/h3-42H,1-2H3. The van der Waals surface area contributed by atoms with Gasteiger partial charge in [-0.2, -0.15) is 0 Å². The molecule has 14 aromatic rings. The van der Waals surface area contributed by atoms with E-state index in [1.54, 1.807) is 0 Å². The molecular weight excluding hydrogens is 889 g/mol. The molecule has 15 rings (SSSR count). The van der Waals surface area contributed by atoms with E-state index in [0.717, 1.165) is 94.4 Å². The molecule has 0 unspecified atom stereocenters. The van der Waals surface area contributed by atoms with Gasteiger partial charge in [-0.15, -0.1) is 0 Å². The minimum Gasteiger partial charge on any atom is -0.456 e. The van der Waals surface area contributed by atoms with Gasteiger partial charge >= 0.3 is 0 Å². The lowest BCUT2D eigenvalue weighted by atomic mass is 9.82. The molecule has 0 amide bonds. The Morgan fingerprint density at radius 3 is 1.75 bits per heavy atom. The van der Waals surface area contributed by atoms with Gasteiger partial charge in [0, 0.05) is 65.9 Å². The Bertz CT molecular complexity index is 4510. The first-order valence-electron chi connectivity index (χ1n) is 25.2. The van der Waals surface area contributed by atoms with Crippen LogP contribution >= 0.6 is 0 Å². The third-order valence-electron chi connectivity index (χ3n) is 15.6. The summed E-state index contributed by atoms with van der Waals surface area (Å²) in [6, 6.07) is 87.8. The lowest BCUT2D eigenvalue weighted by Gasteiger charge is -2.29. The highest BCUT2D eigenvalue weighted by Gasteiger charge is 2.37. The van der Waals surface area contributed by atoms with Crippen molar-refractivity contribution in [3.8, 4) is 50.2 Å². The number of furan rings is 2. The predicted molar refractivity (Wildman–Crippen MR) is 304 cm³/mol. The normalized spacial score (nSPS) is 12.9. The molecule has 0 fully saturated rings. The van der Waals surface area contributed by atoms with Gasteiger partial charge in [0.1, 0.15) is 22.3 Å². The zero-order chi connectivity index (χ0) is 48.4. The van der Waals surface area contributed by atoms with Gasteiger partial charge in [-0.05, 0) is 129 Å². The van der Waals surface area contributed by atoms with Crippen molar-refractivity contribution in [2.45, 2.75) is 19.3 Å². The first kappa shape index (κ1) is 41.4. The van der Waals surface area contributed by atoms with Crippen molar-refractivity contribution in [1.29, 1.82) is 0 Å². The second kappa shape index (κ2) is 15.8. The molecule has 3 heterocycles. The minimum absolute atomic E-state index is 0.145. The second-order valence-corrected chi connectivity index (χ2v) is 20.0. The maximum absolute atomic E-state index is 6.61. The molecule has 0 saturated heterocycles. The van der Waals surface area contributed by atoms with Crippen molar-refractivity contribution in [3.05, 3.63) is 254 Å². The number of para-hydroxylation sites is 4. The Labute approximate surface area is 422 Å². The van der Waals surface area contributed by atoms with Crippen LogP contribution in [0.15, 0.2) is 251 Å². The van der Waals surface area contributed by atoms with E-state index in [4.69, 9.17) is 8.83 Å². The van der Waals surface area contributed by atoms with E-state index in [-0.39, 0.29) is 5.41 Å². The van der Waals surface area contributed by atoms with Crippen molar-refractivity contribution in [3.63, 3.8) is 0 Å². The van der Waals surface area contributed by atoms with E-state index < -0.39 is 0 Å². The number of anilines is 3. The Morgan fingerprint density at radius 2 is 0.932 bits per heavy atom. The highest BCUT2D eigenvalue weighted by atomic mass is 16.3. The summed E-state index contributed by atoms with van der Waals surface area (Å²) < 4.78 is 15.5. The molecule has 1 aliphatic rings. The Kier molecular flexibility index (Phi) is 8.97. The monoisotopic (exact) mass is 934 g/mol. The van der Waals surface area contributed by atoms with E-state index >= 15 is 0 Å². The molecule has 3 aromatic heterocycles. The molecule has 4 nitrogen and oxygen atoms in total. The molecule has 0 atom stereocenters. The maximum Gasteiger partial charge on any atom is 0.143 e. The zero-order valence-electron chi connectivity index (χ0n) is 40.3. The number of benzene rings is 11. The number of hydrogen-bond acceptors (Lipinski definition) is 3. The topological polar surface area (TPSA) is 34.5 Å². The molecule has 0 bridgehead atoms. The van der Waals surface area contributed by atoms with Crippen molar-refractivity contribution in [2.75, 3.05) is 4.90 Å². The van der Waals surface area contributed by atoms with Crippen LogP contribution in [0.1, 0.15) is 25.0 Å². The van der Waals surface area contributed by atoms with Gasteiger partial charge in [0.15, 0.2) is 0 Å². The summed E-state index contributed by atoms with van der Waals surface area (Å²) in [5.74, 6) is 0. The van der Waals surface area contributed by atoms with Crippen LogP contribution in [-0.4, -0.2) is 4.57 Å². The largest absolute Gasteiger partial charge is 0.456 e. The molecule has 0 spiro atoms. The fourth-order valence-corrected chi connectivity index (χ4v) is 12.2. The van der Waals surface area contributed by atoms with Crippen LogP contribution in [0.3, 0.4) is 0 Å². The minimum atomic E-state index is -0.145. The smallest absolute Gasteiger partial charge is 0.143 e. The Morgan fingerprint density at radius 1 is 0.370 bits per heavy atom. The van der Waals surface area contributed by atoms with Gasteiger partial charge in [0.25, 0.3) is 0 Å². The van der Waals surface area contributed by atoms with Crippen LogP contribution in [0.4, 0.5) is 17.1 Å². The fourth-order valence-electron chi connectivity index (χ4n) is 12.2. The highest BCUT2D eigenvalue weighted by Crippen LogP contribution is 2.54. The van der Waals surface area contributed by atoms with E-state index in [2.05, 4.69) is 254 Å². The molecule has 0 radical (unpaired) electrons. The molecule has 344 valence electrons. The fraction of sp³-hybridized carbons (Fsp3) is 0.0435. The van der Waals surface area contributed by atoms with Gasteiger partial charge in [0.2, 0.25) is 0 Å². The number of aromatic nitrogens is 1. The van der Waals surface area contributed by atoms with E-state index in [9.17, 15) is 0 Å². The van der Waals surface area contributed by atoms with Crippen LogP contribution in [0.2, 0.25) is 0 Å². The van der Waals surface area contributed by atoms with Crippen LogP contribution in [-0.2, 0) is 5.41 Å². The summed E-state index contributed by atoms with van der Waals surface area (Å²) in [5, 5.41) is 6.93. The molecule has 11 aromatic carbocycles. The summed E-state index contributed by atoms with van der Waals surface area (Å²) in [4.78, 5) is 2.43. The third-order valence-corrected chi connectivity index (χ3v) is 15.6. The Balaban J connectivity index is 0.845. The molecule has 4 heteroatoms. The van der Waals surface area contributed by atoms with Crippen LogP contribution in [0.5, 0.6) is 0 Å². The summed E-state index contributed by atoms with van der Waals surface area (Å²) in [6.45, 7) is 4.70. The van der Waals surface area contributed by atoms with Gasteiger partial charge in [0.05, 0.1) is 16.7 Å². The van der Waals surface area contributed by atoms with E-state index in [1.165, 1.54) is 49.6 Å². The Hall–Kier alpha value is -9.38. The third kappa shape index (κ3) is 6.27. The second-order valence-electron chi connectivity index (χ2n) is 20.0. The van der Waals surface area contributed by atoms with E-state index in [0.29, 0.717) is 0 Å². The predicted octanol–water partition coefficient (Wildman–Crippen LogP) is 19.4. The van der Waals surface area contributed by atoms with Gasteiger partial charge in [-0.25, -0.2) is 0 Å². The zero-order valence-corrected chi connectivity index (χ0v) is 40.3. The quantitative estimate of drug-likeness (QED) is 0.160. The molecule has 1 aliphatic carbocycles. The average Bonchev–Trinajstić information content (AvgIpc) is 4.19. The van der Waals surface area contributed by atoms with Crippen molar-refractivity contribution >= 4 is 82.7 Å². The summed E-state index contributed by atoms with van der Waals surface area (Å²) in [5.41, 5.74) is 22.2. The summed E-state index contributed by atoms with van der Waals surface area (Å²) >= 11 is 0. The summed E-state index contributed by atoms with van der Waals surface area (Å²) in [7, 11) is 0. The van der Waals surface area contributed by atoms with Crippen molar-refractivity contribution in [2.24, 2.45) is 0 Å². The van der Waals surface area contributed by atoms with Gasteiger partial charge in [-0.3, -0.25) is 0 Å². The first-order chi connectivity index (χ1) is 36.0. The SMILES string of the molecule is CC1(C)c2ccccc2-c2c(N(c3ccc(-c4cccc5c4oc4ccccc45)cc3)c3ccc(-c4cccc5oc6ccc(-c7ccc8c(c7)c7ccccc7n8-c7ccccc7)cc6c45)cc3)cccc21. The summed E-state index contributed by atoms with van der Waals surface area (Å²) in [6.07, 6.45) is 0. The molecule has 0 saturated carbocycles. The molecule has 73 heavy (non-hydrogen) atoms. The van der Waals surface area contributed by atoms with Gasteiger partial charge < -0.3 is 18.3 Å². The maximum atomic E-state index is 6.61. The van der Waals surface area contributed by atoms with Crippen LogP contribution in [0.25, 0.3) is 116 Å².